The molecule has 0 heterocycles. The predicted molar refractivity (Wildman–Crippen MR) is 111 cm³/mol. The number of alkyl halides is 2. The van der Waals surface area contributed by atoms with E-state index in [9.17, 15) is 4.79 Å². The lowest BCUT2D eigenvalue weighted by molar-refractivity contribution is -0.143. The van der Waals surface area contributed by atoms with E-state index in [2.05, 4.69) is 6.92 Å². The van der Waals surface area contributed by atoms with Crippen molar-refractivity contribution in [1.82, 2.24) is 0 Å². The average Bonchev–Trinajstić information content (AvgIpc) is 2.58. The van der Waals surface area contributed by atoms with Crippen molar-refractivity contribution in [3.63, 3.8) is 0 Å². The summed E-state index contributed by atoms with van der Waals surface area (Å²) in [6, 6.07) is 0. The first kappa shape index (κ1) is 25.1. The summed E-state index contributed by atoms with van der Waals surface area (Å²) in [5.74, 6) is -0.122. The molecule has 0 bridgehead atoms. The highest BCUT2D eigenvalue weighted by Gasteiger charge is 2.04. The molecule has 0 unspecified atom stereocenters. The van der Waals surface area contributed by atoms with Gasteiger partial charge in [-0.15, -0.1) is 23.2 Å². The minimum absolute atomic E-state index is 0.122. The first-order valence-electron chi connectivity index (χ1n) is 10.6. The van der Waals surface area contributed by atoms with Gasteiger partial charge in [-0.2, -0.15) is 0 Å². The highest BCUT2D eigenvalue weighted by Crippen LogP contribution is 2.14. The van der Waals surface area contributed by atoms with Crippen LogP contribution in [-0.2, 0) is 9.53 Å². The van der Waals surface area contributed by atoms with Crippen molar-refractivity contribution in [2.75, 3.05) is 6.61 Å². The van der Waals surface area contributed by atoms with Crippen LogP contribution in [0.1, 0.15) is 116 Å². The fourth-order valence-corrected chi connectivity index (χ4v) is 3.15. The van der Waals surface area contributed by atoms with E-state index in [4.69, 9.17) is 27.9 Å². The second-order valence-corrected chi connectivity index (χ2v) is 8.38. The van der Waals surface area contributed by atoms with Gasteiger partial charge in [0.15, 0.2) is 0 Å². The number of carbonyl (C=O) groups is 1. The van der Waals surface area contributed by atoms with Gasteiger partial charge in [0.05, 0.1) is 6.61 Å². The van der Waals surface area contributed by atoms with Crippen LogP contribution in [-0.4, -0.2) is 17.4 Å². The van der Waals surface area contributed by atoms with Gasteiger partial charge in [0.2, 0.25) is 0 Å². The topological polar surface area (TPSA) is 26.3 Å². The zero-order chi connectivity index (χ0) is 18.6. The highest BCUT2D eigenvalue weighted by molar-refractivity contribution is 6.44. The maximum atomic E-state index is 11.5. The Morgan fingerprint density at radius 2 is 1.12 bits per heavy atom. The van der Waals surface area contributed by atoms with E-state index in [0.29, 0.717) is 19.4 Å². The molecule has 0 amide bonds. The van der Waals surface area contributed by atoms with Crippen LogP contribution in [0.2, 0.25) is 0 Å². The summed E-state index contributed by atoms with van der Waals surface area (Å²) in [4.78, 5) is 11.0. The van der Waals surface area contributed by atoms with Crippen LogP contribution in [0.15, 0.2) is 0 Å². The SMILES string of the molecule is CCCCCCCCCCCCCCCCCC(=O)OCCC(Cl)Cl. The Labute approximate surface area is 166 Å². The van der Waals surface area contributed by atoms with Crippen LogP contribution >= 0.6 is 23.2 Å². The van der Waals surface area contributed by atoms with E-state index in [1.54, 1.807) is 0 Å². The fraction of sp³-hybridized carbons (Fsp3) is 0.952. The predicted octanol–water partition coefficient (Wildman–Crippen LogP) is 7.98. The molecule has 150 valence electrons. The van der Waals surface area contributed by atoms with E-state index in [0.717, 1.165) is 12.8 Å². The number of ether oxygens (including phenoxy) is 1. The first-order chi connectivity index (χ1) is 12.2. The number of unbranched alkanes of at least 4 members (excludes halogenated alkanes) is 14. The molecule has 0 aromatic carbocycles. The molecule has 0 saturated heterocycles. The Balaban J connectivity index is 3.10. The van der Waals surface area contributed by atoms with Gasteiger partial charge >= 0.3 is 5.97 Å². The van der Waals surface area contributed by atoms with Crippen molar-refractivity contribution in [3.05, 3.63) is 0 Å². The van der Waals surface area contributed by atoms with Gasteiger partial charge in [0.25, 0.3) is 0 Å². The molecule has 0 aromatic heterocycles. The van der Waals surface area contributed by atoms with Crippen LogP contribution in [0.3, 0.4) is 0 Å². The van der Waals surface area contributed by atoms with E-state index >= 15 is 0 Å². The Bertz CT molecular complexity index is 283. The third kappa shape index (κ3) is 22.0. The third-order valence-electron chi connectivity index (χ3n) is 4.58. The maximum absolute atomic E-state index is 11.5. The number of hydrogen-bond acceptors (Lipinski definition) is 2. The first-order valence-corrected chi connectivity index (χ1v) is 11.5. The smallest absolute Gasteiger partial charge is 0.305 e. The molecule has 0 rings (SSSR count). The Kier molecular flexibility index (Phi) is 20.4. The normalized spacial score (nSPS) is 11.2. The Morgan fingerprint density at radius 3 is 1.52 bits per heavy atom. The van der Waals surface area contributed by atoms with E-state index < -0.39 is 4.84 Å². The molecular weight excluding hydrogens is 355 g/mol. The zero-order valence-electron chi connectivity index (χ0n) is 16.4. The molecule has 4 heteroatoms. The van der Waals surface area contributed by atoms with Crippen LogP contribution in [0, 0.1) is 0 Å². The average molecular weight is 395 g/mol. The molecule has 0 spiro atoms. The molecule has 0 fully saturated rings. The molecule has 0 aliphatic heterocycles. The van der Waals surface area contributed by atoms with Gasteiger partial charge in [-0.25, -0.2) is 0 Å². The molecule has 25 heavy (non-hydrogen) atoms. The number of esters is 1. The molecule has 0 N–H and O–H groups in total. The van der Waals surface area contributed by atoms with Crippen LogP contribution < -0.4 is 0 Å². The lowest BCUT2D eigenvalue weighted by Crippen LogP contribution is -2.07. The molecular formula is C21H40Cl2O2. The molecule has 0 aliphatic rings. The summed E-state index contributed by atoms with van der Waals surface area (Å²) in [5.41, 5.74) is 0. The van der Waals surface area contributed by atoms with E-state index in [1.165, 1.54) is 83.5 Å². The summed E-state index contributed by atoms with van der Waals surface area (Å²) in [5, 5.41) is 0. The lowest BCUT2D eigenvalue weighted by atomic mass is 10.0. The monoisotopic (exact) mass is 394 g/mol. The van der Waals surface area contributed by atoms with Crippen LogP contribution in [0.4, 0.5) is 0 Å². The number of carbonyl (C=O) groups excluding carboxylic acids is 1. The maximum Gasteiger partial charge on any atom is 0.305 e. The second kappa shape index (κ2) is 20.4. The van der Waals surface area contributed by atoms with Crippen molar-refractivity contribution in [3.8, 4) is 0 Å². The second-order valence-electron chi connectivity index (χ2n) is 7.10. The molecule has 0 radical (unpaired) electrons. The quantitative estimate of drug-likeness (QED) is 0.126. The molecule has 0 saturated carbocycles. The third-order valence-corrected chi connectivity index (χ3v) is 5.02. The molecule has 0 aliphatic carbocycles. The van der Waals surface area contributed by atoms with Crippen LogP contribution in [0.25, 0.3) is 0 Å². The van der Waals surface area contributed by atoms with E-state index in [1.807, 2.05) is 0 Å². The minimum Gasteiger partial charge on any atom is -0.466 e. The number of rotatable bonds is 19. The summed E-state index contributed by atoms with van der Waals surface area (Å²) in [6.45, 7) is 2.60. The van der Waals surface area contributed by atoms with Gasteiger partial charge in [0.1, 0.15) is 4.84 Å². The Hall–Kier alpha value is 0.0500. The van der Waals surface area contributed by atoms with Crippen molar-refractivity contribution >= 4 is 29.2 Å². The van der Waals surface area contributed by atoms with Gasteiger partial charge < -0.3 is 4.74 Å². The van der Waals surface area contributed by atoms with E-state index in [-0.39, 0.29) is 5.97 Å². The highest BCUT2D eigenvalue weighted by atomic mass is 35.5. The summed E-state index contributed by atoms with van der Waals surface area (Å²) >= 11 is 11.2. The van der Waals surface area contributed by atoms with Gasteiger partial charge in [-0.1, -0.05) is 96.8 Å². The fourth-order valence-electron chi connectivity index (χ4n) is 2.97. The van der Waals surface area contributed by atoms with Gasteiger partial charge in [0, 0.05) is 12.8 Å². The minimum atomic E-state index is -0.446. The number of halogens is 2. The van der Waals surface area contributed by atoms with Crippen molar-refractivity contribution in [2.45, 2.75) is 121 Å². The largest absolute Gasteiger partial charge is 0.466 e. The summed E-state index contributed by atoms with van der Waals surface area (Å²) in [7, 11) is 0. The summed E-state index contributed by atoms with van der Waals surface area (Å²) in [6.07, 6.45) is 21.0. The van der Waals surface area contributed by atoms with Gasteiger partial charge in [-0.3, -0.25) is 4.79 Å². The van der Waals surface area contributed by atoms with Crippen molar-refractivity contribution in [1.29, 1.82) is 0 Å². The van der Waals surface area contributed by atoms with Crippen molar-refractivity contribution in [2.24, 2.45) is 0 Å². The zero-order valence-corrected chi connectivity index (χ0v) is 17.9. The molecule has 2 nitrogen and oxygen atoms in total. The number of hydrogen-bond donors (Lipinski definition) is 0. The summed E-state index contributed by atoms with van der Waals surface area (Å²) < 4.78 is 5.06. The van der Waals surface area contributed by atoms with Crippen LogP contribution in [0.5, 0.6) is 0 Å². The molecule has 0 aromatic rings. The lowest BCUT2D eigenvalue weighted by Gasteiger charge is -2.05. The van der Waals surface area contributed by atoms with Gasteiger partial charge in [-0.05, 0) is 6.42 Å². The van der Waals surface area contributed by atoms with Crippen molar-refractivity contribution < 1.29 is 9.53 Å². The standard InChI is InChI=1S/C21H40Cl2O2/c1-2-3-4-5-6-7-8-9-10-11-12-13-14-15-16-17-21(24)25-19-18-20(22)23/h20H,2-19H2,1H3. The Morgan fingerprint density at radius 1 is 0.720 bits per heavy atom. The molecule has 0 atom stereocenters.